The SMILES string of the molecule is CCOC(=O)CC[C@H](NC(=O)c1csc(C#CCCc2cc3c(=O)[nH]c(N)nc3[nH]2)c1)C(=O)OCC. The summed E-state index contributed by atoms with van der Waals surface area (Å²) in [5.74, 6) is 4.58. The number of nitrogens with two attached hydrogens (primary N) is 1. The smallest absolute Gasteiger partial charge is 0.328 e. The van der Waals surface area contributed by atoms with Crippen LogP contribution in [0.4, 0.5) is 5.95 Å². The lowest BCUT2D eigenvalue weighted by atomic mass is 10.1. The lowest BCUT2D eigenvalue weighted by Crippen LogP contribution is -2.42. The molecule has 0 aliphatic heterocycles. The van der Waals surface area contributed by atoms with Crippen LogP contribution in [0.3, 0.4) is 0 Å². The number of fused-ring (bicyclic) bond motifs is 1. The molecule has 12 heteroatoms. The number of nitrogens with one attached hydrogen (secondary N) is 3. The molecular formula is C24H27N5O6S. The first kappa shape index (κ1) is 26.5. The molecule has 0 bridgehead atoms. The number of amides is 1. The van der Waals surface area contributed by atoms with E-state index in [0.29, 0.717) is 34.3 Å². The fraction of sp³-hybridized carbons (Fsp3) is 0.375. The van der Waals surface area contributed by atoms with E-state index in [1.54, 1.807) is 31.4 Å². The Bertz CT molecular complexity index is 1360. The highest BCUT2D eigenvalue weighted by molar-refractivity contribution is 7.10. The highest BCUT2D eigenvalue weighted by atomic mass is 32.1. The van der Waals surface area contributed by atoms with Gasteiger partial charge in [0.1, 0.15) is 11.7 Å². The fourth-order valence-electron chi connectivity index (χ4n) is 3.32. The molecule has 0 radical (unpaired) electrons. The first-order valence-corrected chi connectivity index (χ1v) is 12.3. The highest BCUT2D eigenvalue weighted by Gasteiger charge is 2.24. The van der Waals surface area contributed by atoms with Crippen LogP contribution < -0.4 is 16.6 Å². The minimum Gasteiger partial charge on any atom is -0.466 e. The summed E-state index contributed by atoms with van der Waals surface area (Å²) in [6, 6.07) is 2.39. The number of nitrogens with zero attached hydrogens (tertiary/aromatic N) is 1. The van der Waals surface area contributed by atoms with E-state index in [-0.39, 0.29) is 37.6 Å². The molecule has 0 saturated carbocycles. The van der Waals surface area contributed by atoms with Crippen molar-refractivity contribution in [3.63, 3.8) is 0 Å². The Morgan fingerprint density at radius 1 is 1.19 bits per heavy atom. The van der Waals surface area contributed by atoms with Crippen molar-refractivity contribution in [2.75, 3.05) is 18.9 Å². The van der Waals surface area contributed by atoms with Gasteiger partial charge in [-0.05, 0) is 38.8 Å². The molecule has 11 nitrogen and oxygen atoms in total. The van der Waals surface area contributed by atoms with Crippen LogP contribution in [0.1, 0.15) is 54.0 Å². The van der Waals surface area contributed by atoms with Crippen molar-refractivity contribution in [2.24, 2.45) is 0 Å². The van der Waals surface area contributed by atoms with E-state index in [4.69, 9.17) is 15.2 Å². The number of aryl methyl sites for hydroxylation is 1. The van der Waals surface area contributed by atoms with Crippen LogP contribution in [-0.4, -0.2) is 52.1 Å². The average Bonchev–Trinajstić information content (AvgIpc) is 3.47. The number of anilines is 1. The minimum absolute atomic E-state index is 0.0217. The number of hydrogen-bond donors (Lipinski definition) is 4. The molecule has 0 spiro atoms. The monoisotopic (exact) mass is 513 g/mol. The molecule has 0 aliphatic carbocycles. The predicted molar refractivity (Wildman–Crippen MR) is 134 cm³/mol. The van der Waals surface area contributed by atoms with Crippen LogP contribution in [0.25, 0.3) is 11.0 Å². The maximum absolute atomic E-state index is 12.7. The molecule has 3 heterocycles. The lowest BCUT2D eigenvalue weighted by Gasteiger charge is -2.16. The van der Waals surface area contributed by atoms with Crippen LogP contribution in [0, 0.1) is 11.8 Å². The summed E-state index contributed by atoms with van der Waals surface area (Å²) in [7, 11) is 0. The number of carbonyl (C=O) groups is 3. The predicted octanol–water partition coefficient (Wildman–Crippen LogP) is 1.88. The Hall–Kier alpha value is -4.11. The number of aromatic amines is 2. The number of aromatic nitrogens is 3. The number of thiophene rings is 1. The zero-order valence-corrected chi connectivity index (χ0v) is 20.8. The zero-order chi connectivity index (χ0) is 26.1. The van der Waals surface area contributed by atoms with E-state index in [0.717, 1.165) is 5.69 Å². The summed E-state index contributed by atoms with van der Waals surface area (Å²) in [6.45, 7) is 3.75. The first-order chi connectivity index (χ1) is 17.3. The molecule has 1 atom stereocenters. The Kier molecular flexibility index (Phi) is 9.24. The van der Waals surface area contributed by atoms with E-state index in [2.05, 4.69) is 32.1 Å². The molecule has 190 valence electrons. The van der Waals surface area contributed by atoms with E-state index < -0.39 is 23.9 Å². The van der Waals surface area contributed by atoms with Gasteiger partial charge in [0.2, 0.25) is 5.95 Å². The number of esters is 2. The molecule has 0 saturated heterocycles. The molecular weight excluding hydrogens is 486 g/mol. The summed E-state index contributed by atoms with van der Waals surface area (Å²) in [5.41, 5.74) is 6.84. The minimum atomic E-state index is -0.968. The second kappa shape index (κ2) is 12.6. The van der Waals surface area contributed by atoms with Crippen molar-refractivity contribution in [3.05, 3.63) is 44.0 Å². The Morgan fingerprint density at radius 3 is 2.72 bits per heavy atom. The molecule has 1 amide bonds. The molecule has 0 unspecified atom stereocenters. The van der Waals surface area contributed by atoms with Gasteiger partial charge >= 0.3 is 11.9 Å². The Morgan fingerprint density at radius 2 is 1.97 bits per heavy atom. The molecule has 3 rings (SSSR count). The average molecular weight is 514 g/mol. The van der Waals surface area contributed by atoms with Gasteiger partial charge in [-0.3, -0.25) is 19.4 Å². The maximum atomic E-state index is 12.7. The number of hydrogen-bond acceptors (Lipinski definition) is 9. The lowest BCUT2D eigenvalue weighted by molar-refractivity contribution is -0.146. The zero-order valence-electron chi connectivity index (χ0n) is 19.9. The van der Waals surface area contributed by atoms with Crippen LogP contribution in [0.15, 0.2) is 22.3 Å². The van der Waals surface area contributed by atoms with Gasteiger partial charge in [-0.2, -0.15) is 4.98 Å². The fourth-order valence-corrected chi connectivity index (χ4v) is 4.08. The second-order valence-corrected chi connectivity index (χ2v) is 8.54. The third-order valence-electron chi connectivity index (χ3n) is 4.98. The standard InChI is InChI=1S/C24H27N5O6S/c1-3-34-19(30)10-9-18(23(33)35-4-2)27-21(31)14-11-16(36-13-14)8-6-5-7-15-12-17-20(26-15)28-24(25)29-22(17)32/h11-13,18H,3-5,7,9-10H2,1-2H3,(H,27,31)(H4,25,26,28,29,32)/t18-/m0/s1. The van der Waals surface area contributed by atoms with Gasteiger partial charge in [-0.1, -0.05) is 11.8 Å². The van der Waals surface area contributed by atoms with Crippen molar-refractivity contribution in [1.82, 2.24) is 20.3 Å². The molecule has 0 fully saturated rings. The van der Waals surface area contributed by atoms with Crippen LogP contribution in [-0.2, 0) is 25.5 Å². The van der Waals surface area contributed by atoms with E-state index in [1.807, 2.05) is 0 Å². The van der Waals surface area contributed by atoms with Crippen molar-refractivity contribution < 1.29 is 23.9 Å². The van der Waals surface area contributed by atoms with Crippen molar-refractivity contribution in [3.8, 4) is 11.8 Å². The van der Waals surface area contributed by atoms with Crippen molar-refractivity contribution in [1.29, 1.82) is 0 Å². The van der Waals surface area contributed by atoms with Gasteiger partial charge in [0.05, 0.1) is 29.0 Å². The summed E-state index contributed by atoms with van der Waals surface area (Å²) < 4.78 is 9.90. The third kappa shape index (κ3) is 7.19. The van der Waals surface area contributed by atoms with Crippen LogP contribution in [0.2, 0.25) is 0 Å². The Balaban J connectivity index is 1.58. The van der Waals surface area contributed by atoms with E-state index >= 15 is 0 Å². The molecule has 3 aromatic rings. The van der Waals surface area contributed by atoms with Crippen LogP contribution >= 0.6 is 11.3 Å². The number of rotatable bonds is 10. The quantitative estimate of drug-likeness (QED) is 0.235. The summed E-state index contributed by atoms with van der Waals surface area (Å²) in [4.78, 5) is 58.7. The molecule has 0 aliphatic rings. The maximum Gasteiger partial charge on any atom is 0.328 e. The Labute approximate surface area is 210 Å². The van der Waals surface area contributed by atoms with Gasteiger partial charge in [0, 0.05) is 23.9 Å². The number of nitrogen functional groups attached to an aromatic ring is 1. The van der Waals surface area contributed by atoms with Crippen LogP contribution in [0.5, 0.6) is 0 Å². The third-order valence-corrected chi connectivity index (χ3v) is 5.83. The summed E-state index contributed by atoms with van der Waals surface area (Å²) in [6.07, 6.45) is 1.13. The second-order valence-electron chi connectivity index (χ2n) is 7.63. The van der Waals surface area contributed by atoms with Gasteiger partial charge in [-0.25, -0.2) is 4.79 Å². The molecule has 36 heavy (non-hydrogen) atoms. The molecule has 0 aromatic carbocycles. The highest BCUT2D eigenvalue weighted by Crippen LogP contribution is 2.15. The van der Waals surface area contributed by atoms with Crippen molar-refractivity contribution >= 4 is 46.2 Å². The summed E-state index contributed by atoms with van der Waals surface area (Å²) in [5, 5.41) is 4.71. The molecule has 3 aromatic heterocycles. The number of carbonyl (C=O) groups excluding carboxylic acids is 3. The van der Waals surface area contributed by atoms with Gasteiger partial charge in [-0.15, -0.1) is 11.3 Å². The first-order valence-electron chi connectivity index (χ1n) is 11.4. The molecule has 5 N–H and O–H groups in total. The topological polar surface area (TPSA) is 169 Å². The van der Waals surface area contributed by atoms with Crippen molar-refractivity contribution in [2.45, 2.75) is 45.6 Å². The normalized spacial score (nSPS) is 11.4. The number of H-pyrrole nitrogens is 2. The largest absolute Gasteiger partial charge is 0.466 e. The van der Waals surface area contributed by atoms with Gasteiger partial charge in [0.25, 0.3) is 11.5 Å². The number of ether oxygens (including phenoxy) is 2. The van der Waals surface area contributed by atoms with Gasteiger partial charge < -0.3 is 25.5 Å². The summed E-state index contributed by atoms with van der Waals surface area (Å²) >= 11 is 1.30. The van der Waals surface area contributed by atoms with Gasteiger partial charge in [0.15, 0.2) is 0 Å². The van der Waals surface area contributed by atoms with E-state index in [1.165, 1.54) is 11.3 Å². The van der Waals surface area contributed by atoms with E-state index in [9.17, 15) is 19.2 Å².